The molecule has 0 aromatic carbocycles. The van der Waals surface area contributed by atoms with Gasteiger partial charge in [-0.05, 0) is 31.1 Å². The Bertz CT molecular complexity index is 136. The third-order valence-electron chi connectivity index (χ3n) is 3.29. The lowest BCUT2D eigenvalue weighted by molar-refractivity contribution is 0.194. The number of aliphatic hydroxyl groups is 1. The third-order valence-corrected chi connectivity index (χ3v) is 3.29. The van der Waals surface area contributed by atoms with Gasteiger partial charge in [-0.15, -0.1) is 0 Å². The van der Waals surface area contributed by atoms with E-state index in [9.17, 15) is 0 Å². The van der Waals surface area contributed by atoms with Crippen molar-refractivity contribution in [1.29, 1.82) is 0 Å². The van der Waals surface area contributed by atoms with Crippen LogP contribution < -0.4 is 5.32 Å². The second kappa shape index (κ2) is 5.61. The molecule has 13 heavy (non-hydrogen) atoms. The Morgan fingerprint density at radius 2 is 2.15 bits per heavy atom. The number of nitrogens with one attached hydrogen (secondary N) is 1. The first-order valence-corrected chi connectivity index (χ1v) is 5.62. The quantitative estimate of drug-likeness (QED) is 0.700. The SMILES string of the molecule is CCC1CC(C)CCC1NCCO. The highest BCUT2D eigenvalue weighted by Gasteiger charge is 2.26. The van der Waals surface area contributed by atoms with Gasteiger partial charge in [0.25, 0.3) is 0 Å². The van der Waals surface area contributed by atoms with E-state index in [1.807, 2.05) is 0 Å². The number of aliphatic hydroxyl groups excluding tert-OH is 1. The minimum absolute atomic E-state index is 0.266. The Balaban J connectivity index is 2.33. The van der Waals surface area contributed by atoms with Crippen LogP contribution in [0.5, 0.6) is 0 Å². The van der Waals surface area contributed by atoms with Crippen molar-refractivity contribution < 1.29 is 5.11 Å². The first kappa shape index (κ1) is 11.0. The molecule has 2 heteroatoms. The van der Waals surface area contributed by atoms with Crippen molar-refractivity contribution in [2.75, 3.05) is 13.2 Å². The smallest absolute Gasteiger partial charge is 0.0556 e. The van der Waals surface area contributed by atoms with Crippen molar-refractivity contribution >= 4 is 0 Å². The average Bonchev–Trinajstić information content (AvgIpc) is 2.16. The summed E-state index contributed by atoms with van der Waals surface area (Å²) in [6, 6.07) is 0.661. The van der Waals surface area contributed by atoms with Crippen molar-refractivity contribution in [3.05, 3.63) is 0 Å². The zero-order valence-electron chi connectivity index (χ0n) is 8.92. The number of hydrogen-bond donors (Lipinski definition) is 2. The molecule has 0 saturated heterocycles. The highest BCUT2D eigenvalue weighted by molar-refractivity contribution is 4.82. The molecule has 1 rings (SSSR count). The first-order valence-electron chi connectivity index (χ1n) is 5.62. The summed E-state index contributed by atoms with van der Waals surface area (Å²) in [7, 11) is 0. The third kappa shape index (κ3) is 3.28. The summed E-state index contributed by atoms with van der Waals surface area (Å²) >= 11 is 0. The maximum absolute atomic E-state index is 8.75. The predicted octanol–water partition coefficient (Wildman–Crippen LogP) is 1.78. The fraction of sp³-hybridized carbons (Fsp3) is 1.00. The largest absolute Gasteiger partial charge is 0.395 e. The van der Waals surface area contributed by atoms with E-state index in [4.69, 9.17) is 5.11 Å². The molecule has 0 amide bonds. The summed E-state index contributed by atoms with van der Waals surface area (Å²) in [4.78, 5) is 0. The van der Waals surface area contributed by atoms with Crippen LogP contribution in [0.25, 0.3) is 0 Å². The molecule has 3 unspecified atom stereocenters. The topological polar surface area (TPSA) is 32.3 Å². The van der Waals surface area contributed by atoms with Crippen LogP contribution in [-0.2, 0) is 0 Å². The van der Waals surface area contributed by atoms with Gasteiger partial charge in [0, 0.05) is 12.6 Å². The lowest BCUT2D eigenvalue weighted by atomic mass is 9.77. The minimum Gasteiger partial charge on any atom is -0.395 e. The summed E-state index contributed by atoms with van der Waals surface area (Å²) in [5.41, 5.74) is 0. The van der Waals surface area contributed by atoms with Crippen LogP contribution in [0.2, 0.25) is 0 Å². The molecule has 2 N–H and O–H groups in total. The van der Waals surface area contributed by atoms with Gasteiger partial charge in [-0.3, -0.25) is 0 Å². The van der Waals surface area contributed by atoms with E-state index in [1.54, 1.807) is 0 Å². The van der Waals surface area contributed by atoms with Gasteiger partial charge in [0.15, 0.2) is 0 Å². The van der Waals surface area contributed by atoms with E-state index in [1.165, 1.54) is 25.7 Å². The molecular weight excluding hydrogens is 162 g/mol. The van der Waals surface area contributed by atoms with Crippen LogP contribution in [-0.4, -0.2) is 24.3 Å². The normalized spacial score (nSPS) is 34.8. The lowest BCUT2D eigenvalue weighted by Gasteiger charge is -2.35. The molecule has 0 aromatic heterocycles. The molecule has 0 bridgehead atoms. The maximum atomic E-state index is 8.75. The monoisotopic (exact) mass is 185 g/mol. The zero-order chi connectivity index (χ0) is 9.68. The number of rotatable bonds is 4. The van der Waals surface area contributed by atoms with Crippen molar-refractivity contribution in [2.24, 2.45) is 11.8 Å². The van der Waals surface area contributed by atoms with Crippen molar-refractivity contribution in [1.82, 2.24) is 5.32 Å². The van der Waals surface area contributed by atoms with Crippen molar-refractivity contribution in [2.45, 2.75) is 45.6 Å². The van der Waals surface area contributed by atoms with Gasteiger partial charge in [0.1, 0.15) is 0 Å². The Hall–Kier alpha value is -0.0800. The second-order valence-corrected chi connectivity index (χ2v) is 4.37. The summed E-state index contributed by atoms with van der Waals surface area (Å²) in [6.07, 6.45) is 5.27. The molecule has 1 aliphatic carbocycles. The Morgan fingerprint density at radius 3 is 2.77 bits per heavy atom. The molecule has 0 aliphatic heterocycles. The van der Waals surface area contributed by atoms with Gasteiger partial charge in [-0.1, -0.05) is 20.3 Å². The van der Waals surface area contributed by atoms with E-state index in [2.05, 4.69) is 19.2 Å². The van der Waals surface area contributed by atoms with Crippen molar-refractivity contribution in [3.8, 4) is 0 Å². The fourth-order valence-electron chi connectivity index (χ4n) is 2.47. The zero-order valence-corrected chi connectivity index (χ0v) is 8.92. The van der Waals surface area contributed by atoms with Gasteiger partial charge in [0.05, 0.1) is 6.61 Å². The molecule has 3 atom stereocenters. The van der Waals surface area contributed by atoms with Crippen LogP contribution in [0.3, 0.4) is 0 Å². The van der Waals surface area contributed by atoms with Crippen molar-refractivity contribution in [3.63, 3.8) is 0 Å². The van der Waals surface area contributed by atoms with E-state index >= 15 is 0 Å². The second-order valence-electron chi connectivity index (χ2n) is 4.37. The highest BCUT2D eigenvalue weighted by Crippen LogP contribution is 2.30. The molecule has 78 valence electrons. The van der Waals surface area contributed by atoms with Crippen LogP contribution in [0.15, 0.2) is 0 Å². The molecule has 1 saturated carbocycles. The van der Waals surface area contributed by atoms with E-state index < -0.39 is 0 Å². The van der Waals surface area contributed by atoms with Gasteiger partial charge in [-0.25, -0.2) is 0 Å². The predicted molar refractivity (Wildman–Crippen MR) is 55.7 cm³/mol. The van der Waals surface area contributed by atoms with E-state index in [-0.39, 0.29) is 6.61 Å². The maximum Gasteiger partial charge on any atom is 0.0556 e. The summed E-state index contributed by atoms with van der Waals surface area (Å²) in [5, 5.41) is 12.2. The Kier molecular flexibility index (Phi) is 4.74. The Morgan fingerprint density at radius 1 is 1.38 bits per heavy atom. The molecule has 0 spiro atoms. The average molecular weight is 185 g/mol. The minimum atomic E-state index is 0.266. The van der Waals surface area contributed by atoms with E-state index in [0.717, 1.165) is 18.4 Å². The fourth-order valence-corrected chi connectivity index (χ4v) is 2.47. The van der Waals surface area contributed by atoms with Crippen LogP contribution in [0.1, 0.15) is 39.5 Å². The Labute approximate surface area is 81.7 Å². The van der Waals surface area contributed by atoms with Crippen LogP contribution >= 0.6 is 0 Å². The summed E-state index contributed by atoms with van der Waals surface area (Å²) < 4.78 is 0. The summed E-state index contributed by atoms with van der Waals surface area (Å²) in [5.74, 6) is 1.73. The van der Waals surface area contributed by atoms with Gasteiger partial charge in [-0.2, -0.15) is 0 Å². The van der Waals surface area contributed by atoms with Gasteiger partial charge in [0.2, 0.25) is 0 Å². The first-order chi connectivity index (χ1) is 6.27. The molecule has 0 heterocycles. The molecule has 2 nitrogen and oxygen atoms in total. The molecule has 1 fully saturated rings. The lowest BCUT2D eigenvalue weighted by Crippen LogP contribution is -2.41. The van der Waals surface area contributed by atoms with Gasteiger partial charge < -0.3 is 10.4 Å². The van der Waals surface area contributed by atoms with Crippen LogP contribution in [0.4, 0.5) is 0 Å². The van der Waals surface area contributed by atoms with E-state index in [0.29, 0.717) is 6.04 Å². The molecule has 0 radical (unpaired) electrons. The molecule has 1 aliphatic rings. The molecular formula is C11H23NO. The van der Waals surface area contributed by atoms with Gasteiger partial charge >= 0.3 is 0 Å². The van der Waals surface area contributed by atoms with Crippen LogP contribution in [0, 0.1) is 11.8 Å². The molecule has 0 aromatic rings. The number of hydrogen-bond acceptors (Lipinski definition) is 2. The highest BCUT2D eigenvalue weighted by atomic mass is 16.3. The summed E-state index contributed by atoms with van der Waals surface area (Å²) in [6.45, 7) is 5.65. The standard InChI is InChI=1S/C11H23NO/c1-3-10-8-9(2)4-5-11(10)12-6-7-13/h9-13H,3-8H2,1-2H3.